The summed E-state index contributed by atoms with van der Waals surface area (Å²) in [7, 11) is 0. The molecular formula is C18H30IN3OS. The Morgan fingerprint density at radius 3 is 2.71 bits per heavy atom. The summed E-state index contributed by atoms with van der Waals surface area (Å²) in [4.78, 5) is 7.36. The van der Waals surface area contributed by atoms with Crippen LogP contribution in [0.4, 0.5) is 0 Å². The highest BCUT2D eigenvalue weighted by atomic mass is 127. The normalized spacial score (nSPS) is 23.7. The predicted octanol–water partition coefficient (Wildman–Crippen LogP) is 3.87. The molecule has 1 saturated heterocycles. The van der Waals surface area contributed by atoms with E-state index >= 15 is 0 Å². The van der Waals surface area contributed by atoms with Gasteiger partial charge in [0.1, 0.15) is 5.76 Å². The number of likely N-dealkylation sites (tertiary alicyclic amines) is 1. The van der Waals surface area contributed by atoms with Gasteiger partial charge in [0.05, 0.1) is 12.8 Å². The van der Waals surface area contributed by atoms with Crippen LogP contribution in [0.3, 0.4) is 0 Å². The first-order valence-corrected chi connectivity index (χ1v) is 10.3. The summed E-state index contributed by atoms with van der Waals surface area (Å²) in [5, 5.41) is 3.58. The third kappa shape index (κ3) is 5.58. The van der Waals surface area contributed by atoms with Crippen molar-refractivity contribution in [2.24, 2.45) is 16.8 Å². The molecule has 0 spiro atoms. The molecule has 2 heterocycles. The van der Waals surface area contributed by atoms with Gasteiger partial charge in [-0.05, 0) is 43.1 Å². The van der Waals surface area contributed by atoms with Crippen LogP contribution >= 0.6 is 35.7 Å². The molecule has 1 aliphatic carbocycles. The largest absolute Gasteiger partial charge is 0.469 e. The van der Waals surface area contributed by atoms with Crippen LogP contribution in [0, 0.1) is 11.8 Å². The number of rotatable bonds is 6. The van der Waals surface area contributed by atoms with E-state index in [1.54, 1.807) is 6.26 Å². The Balaban J connectivity index is 0.00000208. The van der Waals surface area contributed by atoms with Crippen LogP contribution < -0.4 is 5.32 Å². The molecule has 136 valence electrons. The van der Waals surface area contributed by atoms with Gasteiger partial charge in [-0.1, -0.05) is 12.8 Å². The van der Waals surface area contributed by atoms with Crippen LogP contribution in [0.5, 0.6) is 0 Å². The molecule has 2 aliphatic rings. The molecule has 0 amide bonds. The molecule has 2 unspecified atom stereocenters. The van der Waals surface area contributed by atoms with E-state index in [-0.39, 0.29) is 24.0 Å². The lowest BCUT2D eigenvalue weighted by atomic mass is 9.82. The van der Waals surface area contributed by atoms with Crippen molar-refractivity contribution in [1.82, 2.24) is 10.2 Å². The molecule has 4 nitrogen and oxygen atoms in total. The first kappa shape index (κ1) is 19.9. The van der Waals surface area contributed by atoms with Crippen LogP contribution in [0.1, 0.15) is 31.4 Å². The fourth-order valence-corrected chi connectivity index (χ4v) is 4.12. The molecule has 6 heteroatoms. The smallest absolute Gasteiger partial charge is 0.193 e. The van der Waals surface area contributed by atoms with Crippen molar-refractivity contribution >= 4 is 41.7 Å². The van der Waals surface area contributed by atoms with Gasteiger partial charge in [-0.2, -0.15) is 11.8 Å². The van der Waals surface area contributed by atoms with Crippen molar-refractivity contribution in [3.8, 4) is 0 Å². The van der Waals surface area contributed by atoms with E-state index in [1.165, 1.54) is 38.8 Å². The minimum Gasteiger partial charge on any atom is -0.469 e. The van der Waals surface area contributed by atoms with E-state index in [0.717, 1.165) is 48.8 Å². The Morgan fingerprint density at radius 1 is 1.33 bits per heavy atom. The molecule has 2 fully saturated rings. The minimum absolute atomic E-state index is 0. The van der Waals surface area contributed by atoms with Gasteiger partial charge < -0.3 is 14.6 Å². The maximum Gasteiger partial charge on any atom is 0.193 e. The molecule has 0 radical (unpaired) electrons. The number of hydrogen-bond acceptors (Lipinski definition) is 3. The summed E-state index contributed by atoms with van der Waals surface area (Å²) in [6, 6.07) is 3.99. The van der Waals surface area contributed by atoms with Crippen molar-refractivity contribution in [3.63, 3.8) is 0 Å². The van der Waals surface area contributed by atoms with Gasteiger partial charge >= 0.3 is 0 Å². The lowest BCUT2D eigenvalue weighted by Crippen LogP contribution is -2.41. The molecule has 1 aromatic heterocycles. The number of hydrogen-bond donors (Lipinski definition) is 1. The van der Waals surface area contributed by atoms with E-state index in [9.17, 15) is 0 Å². The first-order chi connectivity index (χ1) is 11.4. The Bertz CT molecular complexity index is 480. The zero-order chi connectivity index (χ0) is 15.9. The van der Waals surface area contributed by atoms with Gasteiger partial charge in [-0.15, -0.1) is 24.0 Å². The maximum absolute atomic E-state index is 5.42. The standard InChI is InChI=1S/C18H29N3OS.HI/c1-23-12-10-20-18(19-9-8-17-7-4-11-22-17)21-13-15-5-2-3-6-16(15)14-21;/h4,7,11,15-16H,2-3,5-6,8-10,12-14H2,1H3,(H,19,20);1H. The summed E-state index contributed by atoms with van der Waals surface area (Å²) in [5.41, 5.74) is 0. The quantitative estimate of drug-likeness (QED) is 0.301. The number of furan rings is 1. The van der Waals surface area contributed by atoms with Crippen LogP contribution in [-0.2, 0) is 6.42 Å². The zero-order valence-corrected chi connectivity index (χ0v) is 17.7. The van der Waals surface area contributed by atoms with Gasteiger partial charge in [0.25, 0.3) is 0 Å². The highest BCUT2D eigenvalue weighted by molar-refractivity contribution is 14.0. The zero-order valence-electron chi connectivity index (χ0n) is 14.6. The number of fused-ring (bicyclic) bond motifs is 1. The SMILES string of the molecule is CSCCN=C(NCCc1ccco1)N1CC2CCCCC2C1.I. The van der Waals surface area contributed by atoms with Crippen LogP contribution in [0.25, 0.3) is 0 Å². The maximum atomic E-state index is 5.42. The second kappa shape index (κ2) is 10.6. The number of guanidine groups is 1. The van der Waals surface area contributed by atoms with Gasteiger partial charge in [-0.3, -0.25) is 4.99 Å². The second-order valence-electron chi connectivity index (χ2n) is 6.66. The second-order valence-corrected chi connectivity index (χ2v) is 7.65. The van der Waals surface area contributed by atoms with Gasteiger partial charge in [-0.25, -0.2) is 0 Å². The lowest BCUT2D eigenvalue weighted by molar-refractivity contribution is 0.299. The Labute approximate surface area is 167 Å². The molecular weight excluding hydrogens is 433 g/mol. The topological polar surface area (TPSA) is 40.8 Å². The third-order valence-corrected chi connectivity index (χ3v) is 5.66. The Morgan fingerprint density at radius 2 is 2.08 bits per heavy atom. The molecule has 1 aliphatic heterocycles. The van der Waals surface area contributed by atoms with Crippen LogP contribution in [0.2, 0.25) is 0 Å². The molecule has 24 heavy (non-hydrogen) atoms. The van der Waals surface area contributed by atoms with E-state index in [1.807, 2.05) is 23.9 Å². The van der Waals surface area contributed by atoms with Crippen molar-refractivity contribution in [3.05, 3.63) is 24.2 Å². The van der Waals surface area contributed by atoms with Gasteiger partial charge in [0, 0.05) is 31.8 Å². The summed E-state index contributed by atoms with van der Waals surface area (Å²) < 4.78 is 5.42. The number of aliphatic imine (C=N–C) groups is 1. The summed E-state index contributed by atoms with van der Waals surface area (Å²) >= 11 is 1.86. The molecule has 3 rings (SSSR count). The molecule has 1 saturated carbocycles. The fourth-order valence-electron chi connectivity index (χ4n) is 3.84. The average molecular weight is 463 g/mol. The van der Waals surface area contributed by atoms with E-state index < -0.39 is 0 Å². The highest BCUT2D eigenvalue weighted by Crippen LogP contribution is 2.35. The van der Waals surface area contributed by atoms with Crippen molar-refractivity contribution < 1.29 is 4.42 Å². The molecule has 0 bridgehead atoms. The molecule has 1 N–H and O–H groups in total. The van der Waals surface area contributed by atoms with Crippen molar-refractivity contribution in [2.75, 3.05) is 38.2 Å². The van der Waals surface area contributed by atoms with Crippen molar-refractivity contribution in [1.29, 1.82) is 0 Å². The minimum atomic E-state index is 0. The van der Waals surface area contributed by atoms with Gasteiger partial charge in [0.2, 0.25) is 0 Å². The lowest BCUT2D eigenvalue weighted by Gasteiger charge is -2.22. The van der Waals surface area contributed by atoms with Crippen LogP contribution in [-0.4, -0.2) is 49.0 Å². The van der Waals surface area contributed by atoms with Crippen LogP contribution in [0.15, 0.2) is 27.8 Å². The third-order valence-electron chi connectivity index (χ3n) is 5.07. The van der Waals surface area contributed by atoms with E-state index in [0.29, 0.717) is 0 Å². The average Bonchev–Trinajstić information content (AvgIpc) is 3.22. The Kier molecular flexibility index (Phi) is 8.80. The highest BCUT2D eigenvalue weighted by Gasteiger charge is 2.35. The number of halogens is 1. The number of nitrogens with zero attached hydrogens (tertiary/aromatic N) is 2. The summed E-state index contributed by atoms with van der Waals surface area (Å²) in [6.45, 7) is 4.17. The molecule has 0 aromatic carbocycles. The fraction of sp³-hybridized carbons (Fsp3) is 0.722. The summed E-state index contributed by atoms with van der Waals surface area (Å²) in [6.07, 6.45) is 10.4. The van der Waals surface area contributed by atoms with Crippen molar-refractivity contribution in [2.45, 2.75) is 32.1 Å². The monoisotopic (exact) mass is 463 g/mol. The predicted molar refractivity (Wildman–Crippen MR) is 114 cm³/mol. The van der Waals surface area contributed by atoms with Gasteiger partial charge in [0.15, 0.2) is 5.96 Å². The summed E-state index contributed by atoms with van der Waals surface area (Å²) in [5.74, 6) is 5.02. The van der Waals surface area contributed by atoms with E-state index in [2.05, 4.69) is 16.5 Å². The number of nitrogens with one attached hydrogen (secondary N) is 1. The molecule has 2 atom stereocenters. The van der Waals surface area contributed by atoms with E-state index in [4.69, 9.17) is 9.41 Å². The molecule has 1 aromatic rings. The first-order valence-electron chi connectivity index (χ1n) is 8.91. The Hall–Kier alpha value is -0.370. The number of thioether (sulfide) groups is 1.